The molecule has 2 atom stereocenters. The molecule has 4 rings (SSSR count). The zero-order valence-corrected chi connectivity index (χ0v) is 25.0. The monoisotopic (exact) mass is 605 g/mol. The van der Waals surface area contributed by atoms with Gasteiger partial charge in [-0.15, -0.1) is 0 Å². The van der Waals surface area contributed by atoms with Gasteiger partial charge in [-0.2, -0.15) is 0 Å². The first-order valence-electron chi connectivity index (χ1n) is 13.0. The van der Waals surface area contributed by atoms with E-state index in [2.05, 4.69) is 95.7 Å². The van der Waals surface area contributed by atoms with Gasteiger partial charge in [-0.05, 0) is 87.9 Å². The van der Waals surface area contributed by atoms with Gasteiger partial charge in [0.15, 0.2) is 0 Å². The fourth-order valence-electron chi connectivity index (χ4n) is 5.05. The molecule has 0 radical (unpaired) electrons. The number of rotatable bonds is 11. The highest BCUT2D eigenvalue weighted by Crippen LogP contribution is 2.61. The maximum atomic E-state index is 13.1. The van der Waals surface area contributed by atoms with E-state index in [1.807, 2.05) is 44.2 Å². The van der Waals surface area contributed by atoms with Crippen molar-refractivity contribution in [3.8, 4) is 5.75 Å². The number of aliphatic hydroxyl groups is 1. The third-order valence-corrected chi connectivity index (χ3v) is 12.6. The fourth-order valence-corrected chi connectivity index (χ4v) is 10.2. The quantitative estimate of drug-likeness (QED) is 0.121. The van der Waals surface area contributed by atoms with Gasteiger partial charge < -0.3 is 14.6 Å². The number of esters is 1. The number of hydrogen-bond acceptors (Lipinski definition) is 4. The SMILES string of the molecule is C[C@H]([C@@H](O)CC(C)(C)C(=O)OCOc1ccc(Br)cc1)[P+](c1ccccc1)(c1ccccc1)c1ccccc1. The van der Waals surface area contributed by atoms with Gasteiger partial charge in [0.1, 0.15) is 34.6 Å². The Morgan fingerprint density at radius 3 is 1.67 bits per heavy atom. The molecule has 4 nitrogen and oxygen atoms in total. The molecule has 0 saturated carbocycles. The molecular formula is C33H35BrO4P+. The van der Waals surface area contributed by atoms with Crippen molar-refractivity contribution in [2.45, 2.75) is 39.0 Å². The topological polar surface area (TPSA) is 55.8 Å². The molecule has 0 aromatic heterocycles. The van der Waals surface area contributed by atoms with Crippen LogP contribution in [0.1, 0.15) is 27.2 Å². The molecule has 0 bridgehead atoms. The highest BCUT2D eigenvalue weighted by atomic mass is 79.9. The molecular weight excluding hydrogens is 571 g/mol. The molecule has 6 heteroatoms. The summed E-state index contributed by atoms with van der Waals surface area (Å²) in [6, 6.07) is 38.7. The van der Waals surface area contributed by atoms with Gasteiger partial charge in [-0.25, -0.2) is 0 Å². The summed E-state index contributed by atoms with van der Waals surface area (Å²) in [5.41, 5.74) is -1.09. The minimum atomic E-state index is -2.31. The van der Waals surface area contributed by atoms with Gasteiger partial charge in [0.05, 0.1) is 11.5 Å². The average molecular weight is 607 g/mol. The van der Waals surface area contributed by atoms with Crippen LogP contribution in [0.2, 0.25) is 0 Å². The van der Waals surface area contributed by atoms with E-state index in [0.29, 0.717) is 5.75 Å². The summed E-state index contributed by atoms with van der Waals surface area (Å²) < 4.78 is 12.0. The summed E-state index contributed by atoms with van der Waals surface area (Å²) in [6.45, 7) is 5.56. The predicted molar refractivity (Wildman–Crippen MR) is 165 cm³/mol. The van der Waals surface area contributed by atoms with E-state index >= 15 is 0 Å². The first kappa shape index (κ1) is 29.0. The molecule has 0 fully saturated rings. The van der Waals surface area contributed by atoms with Gasteiger partial charge in [0.2, 0.25) is 6.79 Å². The van der Waals surface area contributed by atoms with E-state index in [1.54, 1.807) is 12.1 Å². The number of carbonyl (C=O) groups excluding carboxylic acids is 1. The average Bonchev–Trinajstić information content (AvgIpc) is 2.96. The van der Waals surface area contributed by atoms with Crippen molar-refractivity contribution in [2.75, 3.05) is 6.79 Å². The molecule has 0 saturated heterocycles. The Balaban J connectivity index is 1.61. The third kappa shape index (κ3) is 6.61. The molecule has 0 amide bonds. The molecule has 0 unspecified atom stereocenters. The highest BCUT2D eigenvalue weighted by Gasteiger charge is 2.53. The van der Waals surface area contributed by atoms with Crippen LogP contribution in [0.3, 0.4) is 0 Å². The number of ether oxygens (including phenoxy) is 2. The lowest BCUT2D eigenvalue weighted by Crippen LogP contribution is -2.44. The van der Waals surface area contributed by atoms with E-state index in [0.717, 1.165) is 4.47 Å². The summed E-state index contributed by atoms with van der Waals surface area (Å²) in [6.07, 6.45) is -0.520. The van der Waals surface area contributed by atoms with Gasteiger partial charge in [0, 0.05) is 4.47 Å². The van der Waals surface area contributed by atoms with E-state index in [9.17, 15) is 9.90 Å². The van der Waals surface area contributed by atoms with Crippen LogP contribution in [0.15, 0.2) is 120 Å². The second-order valence-corrected chi connectivity index (χ2v) is 15.0. The first-order valence-corrected chi connectivity index (χ1v) is 15.7. The van der Waals surface area contributed by atoms with Crippen molar-refractivity contribution in [1.82, 2.24) is 0 Å². The molecule has 202 valence electrons. The van der Waals surface area contributed by atoms with Crippen molar-refractivity contribution >= 4 is 45.1 Å². The summed E-state index contributed by atoms with van der Waals surface area (Å²) in [5.74, 6) is 0.203. The minimum absolute atomic E-state index is 0.171. The van der Waals surface area contributed by atoms with Crippen molar-refractivity contribution in [3.63, 3.8) is 0 Å². The second-order valence-electron chi connectivity index (χ2n) is 10.3. The van der Waals surface area contributed by atoms with Gasteiger partial charge in [0.25, 0.3) is 0 Å². The largest absolute Gasteiger partial charge is 0.457 e. The van der Waals surface area contributed by atoms with Crippen LogP contribution in [0, 0.1) is 5.41 Å². The molecule has 0 aliphatic carbocycles. The highest BCUT2D eigenvalue weighted by molar-refractivity contribution is 9.10. The van der Waals surface area contributed by atoms with E-state index in [4.69, 9.17) is 9.47 Å². The normalized spacial score (nSPS) is 13.4. The first-order chi connectivity index (χ1) is 18.7. The fraction of sp³-hybridized carbons (Fsp3) is 0.242. The molecule has 1 N–H and O–H groups in total. The summed E-state index contributed by atoms with van der Waals surface area (Å²) in [4.78, 5) is 13.1. The van der Waals surface area contributed by atoms with Crippen LogP contribution in [0.25, 0.3) is 0 Å². The van der Waals surface area contributed by atoms with E-state index in [1.165, 1.54) is 15.9 Å². The van der Waals surface area contributed by atoms with Crippen LogP contribution in [0.5, 0.6) is 5.75 Å². The third-order valence-electron chi connectivity index (χ3n) is 7.16. The molecule has 0 spiro atoms. The smallest absolute Gasteiger partial charge is 0.314 e. The summed E-state index contributed by atoms with van der Waals surface area (Å²) >= 11 is 3.39. The summed E-state index contributed by atoms with van der Waals surface area (Å²) in [5, 5.41) is 15.4. The van der Waals surface area contributed by atoms with Crippen LogP contribution in [-0.2, 0) is 9.53 Å². The summed E-state index contributed by atoms with van der Waals surface area (Å²) in [7, 11) is -2.31. The standard InChI is InChI=1S/C33H35BrO4P/c1-25(31(35)23-33(2,3)32(36)38-24-37-27-21-19-26(34)20-22-27)39(28-13-7-4-8-14-28,29-15-9-5-10-16-29)30-17-11-6-12-18-30/h4-22,25,31,35H,23-24H2,1-3H3/q+1/t25-,31+/m1/s1. The van der Waals surface area contributed by atoms with Crippen LogP contribution in [0.4, 0.5) is 0 Å². The van der Waals surface area contributed by atoms with Crippen molar-refractivity contribution in [2.24, 2.45) is 5.41 Å². The Bertz CT molecular complexity index is 1230. The van der Waals surface area contributed by atoms with E-state index < -0.39 is 24.8 Å². The number of carbonyl (C=O) groups is 1. The maximum Gasteiger partial charge on any atom is 0.314 e. The van der Waals surface area contributed by atoms with Crippen molar-refractivity contribution < 1.29 is 19.4 Å². The molecule has 0 aliphatic rings. The lowest BCUT2D eigenvalue weighted by Gasteiger charge is -2.37. The molecule has 39 heavy (non-hydrogen) atoms. The van der Waals surface area contributed by atoms with Crippen LogP contribution in [-0.4, -0.2) is 29.6 Å². The molecule has 0 aliphatic heterocycles. The molecule has 0 heterocycles. The zero-order chi connectivity index (χ0) is 27.9. The minimum Gasteiger partial charge on any atom is -0.457 e. The van der Waals surface area contributed by atoms with Gasteiger partial charge in [-0.1, -0.05) is 70.5 Å². The Morgan fingerprint density at radius 1 is 0.795 bits per heavy atom. The predicted octanol–water partition coefficient (Wildman–Crippen LogP) is 6.49. The van der Waals surface area contributed by atoms with Crippen molar-refractivity contribution in [3.05, 3.63) is 120 Å². The number of aliphatic hydroxyl groups excluding tert-OH is 1. The Labute approximate surface area is 240 Å². The number of halogens is 1. The number of hydrogen-bond donors (Lipinski definition) is 1. The Morgan fingerprint density at radius 2 is 1.23 bits per heavy atom. The Hall–Kier alpha value is -2.98. The van der Waals surface area contributed by atoms with E-state index in [-0.39, 0.29) is 18.9 Å². The lowest BCUT2D eigenvalue weighted by molar-refractivity contribution is -0.162. The zero-order valence-electron chi connectivity index (χ0n) is 22.5. The maximum absolute atomic E-state index is 13.1. The van der Waals surface area contributed by atoms with Crippen molar-refractivity contribution in [1.29, 1.82) is 0 Å². The van der Waals surface area contributed by atoms with Gasteiger partial charge >= 0.3 is 5.97 Å². The number of benzene rings is 4. The van der Waals surface area contributed by atoms with Crippen LogP contribution >= 0.6 is 23.2 Å². The Kier molecular flexibility index (Phi) is 9.61. The second kappa shape index (κ2) is 12.9. The van der Waals surface area contributed by atoms with Crippen LogP contribution < -0.4 is 20.7 Å². The lowest BCUT2D eigenvalue weighted by atomic mass is 9.86. The molecule has 4 aromatic carbocycles. The van der Waals surface area contributed by atoms with Gasteiger partial charge in [-0.3, -0.25) is 4.79 Å². The molecule has 4 aromatic rings.